The molecule has 0 radical (unpaired) electrons. The molecule has 0 saturated carbocycles. The molecular weight excluding hydrogens is 333 g/mol. The number of carbonyl (C=O) groups is 1. The first kappa shape index (κ1) is 14.3. The van der Waals surface area contributed by atoms with Gasteiger partial charge in [0, 0.05) is 23.5 Å². The van der Waals surface area contributed by atoms with Crippen LogP contribution in [0.4, 0.5) is 0 Å². The minimum Gasteiger partial charge on any atom is -0.459 e. The third kappa shape index (κ3) is 3.34. The lowest BCUT2D eigenvalue weighted by Crippen LogP contribution is -2.07. The van der Waals surface area contributed by atoms with Crippen LogP contribution in [0.3, 0.4) is 0 Å². The van der Waals surface area contributed by atoms with Crippen molar-refractivity contribution < 1.29 is 9.53 Å². The Balaban J connectivity index is 1.68. The molecule has 0 amide bonds. The SMILES string of the molecule is O=C(Cc1cncs1)OCc1cn2cc(Cl)cc(Cl)c2n1. The van der Waals surface area contributed by atoms with Gasteiger partial charge in [-0.3, -0.25) is 9.78 Å². The molecule has 3 rings (SSSR count). The summed E-state index contributed by atoms with van der Waals surface area (Å²) in [6.07, 6.45) is 5.29. The maximum atomic E-state index is 11.7. The molecule has 0 atom stereocenters. The smallest absolute Gasteiger partial charge is 0.311 e. The van der Waals surface area contributed by atoms with Crippen molar-refractivity contribution in [3.63, 3.8) is 0 Å². The molecule has 0 aliphatic carbocycles. The van der Waals surface area contributed by atoms with Gasteiger partial charge in [0.25, 0.3) is 0 Å². The molecule has 5 nitrogen and oxygen atoms in total. The van der Waals surface area contributed by atoms with E-state index >= 15 is 0 Å². The predicted molar refractivity (Wildman–Crippen MR) is 80.8 cm³/mol. The monoisotopic (exact) mass is 341 g/mol. The van der Waals surface area contributed by atoms with Gasteiger partial charge < -0.3 is 9.14 Å². The third-order valence-corrected chi connectivity index (χ3v) is 3.97. The number of hydrogen-bond acceptors (Lipinski definition) is 5. The number of fused-ring (bicyclic) bond motifs is 1. The standard InChI is InChI=1S/C13H9Cl2N3O2S/c14-8-1-11(15)13-17-9(5-18(13)4-8)6-20-12(19)2-10-3-16-7-21-10/h1,3-5,7H,2,6H2. The highest BCUT2D eigenvalue weighted by Gasteiger charge is 2.10. The fourth-order valence-corrected chi connectivity index (χ4v) is 2.93. The topological polar surface area (TPSA) is 56.5 Å². The Morgan fingerprint density at radius 2 is 2.24 bits per heavy atom. The van der Waals surface area contributed by atoms with Crippen LogP contribution in [0.1, 0.15) is 10.6 Å². The van der Waals surface area contributed by atoms with Crippen molar-refractivity contribution in [3.8, 4) is 0 Å². The lowest BCUT2D eigenvalue weighted by Gasteiger charge is -2.00. The first-order chi connectivity index (χ1) is 10.1. The van der Waals surface area contributed by atoms with E-state index in [1.807, 2.05) is 0 Å². The molecular formula is C13H9Cl2N3O2S. The highest BCUT2D eigenvalue weighted by Crippen LogP contribution is 2.22. The molecule has 3 aromatic heterocycles. The third-order valence-electron chi connectivity index (χ3n) is 2.71. The van der Waals surface area contributed by atoms with Crippen LogP contribution in [0.15, 0.2) is 30.2 Å². The van der Waals surface area contributed by atoms with Crippen LogP contribution in [0, 0.1) is 0 Å². The minimum absolute atomic E-state index is 0.0905. The van der Waals surface area contributed by atoms with Crippen molar-refractivity contribution >= 4 is 46.2 Å². The van der Waals surface area contributed by atoms with E-state index < -0.39 is 0 Å². The molecule has 0 N–H and O–H groups in total. The summed E-state index contributed by atoms with van der Waals surface area (Å²) < 4.78 is 6.89. The number of esters is 1. The quantitative estimate of drug-likeness (QED) is 0.682. The Morgan fingerprint density at radius 3 is 3.00 bits per heavy atom. The Kier molecular flexibility index (Phi) is 4.10. The first-order valence-corrected chi connectivity index (χ1v) is 7.61. The number of ether oxygens (including phenoxy) is 1. The van der Waals surface area contributed by atoms with Crippen molar-refractivity contribution in [2.24, 2.45) is 0 Å². The highest BCUT2D eigenvalue weighted by atomic mass is 35.5. The summed E-state index contributed by atoms with van der Waals surface area (Å²) in [5, 5.41) is 0.961. The molecule has 0 aliphatic rings. The van der Waals surface area contributed by atoms with Crippen molar-refractivity contribution in [1.82, 2.24) is 14.4 Å². The molecule has 0 aromatic carbocycles. The molecule has 0 saturated heterocycles. The highest BCUT2D eigenvalue weighted by molar-refractivity contribution is 7.09. The van der Waals surface area contributed by atoms with Crippen molar-refractivity contribution in [2.75, 3.05) is 0 Å². The zero-order valence-corrected chi connectivity index (χ0v) is 13.0. The lowest BCUT2D eigenvalue weighted by molar-refractivity contribution is -0.144. The maximum Gasteiger partial charge on any atom is 0.311 e. The largest absolute Gasteiger partial charge is 0.459 e. The van der Waals surface area contributed by atoms with Crippen molar-refractivity contribution in [3.05, 3.63) is 50.8 Å². The number of nitrogens with zero attached hydrogens (tertiary/aromatic N) is 3. The van der Waals surface area contributed by atoms with E-state index in [2.05, 4.69) is 9.97 Å². The normalized spacial score (nSPS) is 11.0. The average Bonchev–Trinajstić information content (AvgIpc) is 3.05. The van der Waals surface area contributed by atoms with Gasteiger partial charge >= 0.3 is 5.97 Å². The minimum atomic E-state index is -0.319. The molecule has 108 valence electrons. The number of halogens is 2. The second-order valence-corrected chi connectivity index (χ2v) is 6.09. The zero-order valence-electron chi connectivity index (χ0n) is 10.6. The Labute approximate surface area is 134 Å². The summed E-state index contributed by atoms with van der Waals surface area (Å²) in [4.78, 5) is 20.8. The van der Waals surface area contributed by atoms with Gasteiger partial charge in [0.2, 0.25) is 0 Å². The second kappa shape index (κ2) is 6.01. The Morgan fingerprint density at radius 1 is 1.38 bits per heavy atom. The molecule has 3 heterocycles. The number of carbonyl (C=O) groups excluding carboxylic acids is 1. The van der Waals surface area contributed by atoms with E-state index in [9.17, 15) is 4.79 Å². The summed E-state index contributed by atoms with van der Waals surface area (Å²) in [6.45, 7) is 0.0905. The van der Waals surface area contributed by atoms with Gasteiger partial charge in [-0.1, -0.05) is 23.2 Å². The van der Waals surface area contributed by atoms with Crippen LogP contribution in [0.25, 0.3) is 5.65 Å². The molecule has 8 heteroatoms. The summed E-state index contributed by atoms with van der Waals surface area (Å²) >= 11 is 13.4. The van der Waals surface area contributed by atoms with Crippen molar-refractivity contribution in [1.29, 1.82) is 0 Å². The fraction of sp³-hybridized carbons (Fsp3) is 0.154. The molecule has 0 fully saturated rings. The molecule has 21 heavy (non-hydrogen) atoms. The summed E-state index contributed by atoms with van der Waals surface area (Å²) in [6, 6.07) is 1.62. The van der Waals surface area contributed by atoms with Gasteiger partial charge in [0.15, 0.2) is 5.65 Å². The van der Waals surface area contributed by atoms with Gasteiger partial charge in [-0.25, -0.2) is 4.98 Å². The van der Waals surface area contributed by atoms with E-state index in [1.165, 1.54) is 11.3 Å². The molecule has 0 unspecified atom stereocenters. The number of aromatic nitrogens is 3. The molecule has 0 spiro atoms. The van der Waals surface area contributed by atoms with Crippen LogP contribution in [-0.2, 0) is 22.6 Å². The molecule has 3 aromatic rings. The van der Waals surface area contributed by atoms with Gasteiger partial charge in [-0.2, -0.15) is 0 Å². The van der Waals surface area contributed by atoms with Crippen LogP contribution < -0.4 is 0 Å². The van der Waals surface area contributed by atoms with E-state index in [0.717, 1.165) is 4.88 Å². The average molecular weight is 342 g/mol. The first-order valence-electron chi connectivity index (χ1n) is 5.97. The fourth-order valence-electron chi connectivity index (χ4n) is 1.82. The van der Waals surface area contributed by atoms with E-state index in [4.69, 9.17) is 27.9 Å². The van der Waals surface area contributed by atoms with Crippen LogP contribution >= 0.6 is 34.5 Å². The number of imidazole rings is 1. The second-order valence-electron chi connectivity index (χ2n) is 4.27. The number of pyridine rings is 1. The van der Waals surface area contributed by atoms with E-state index in [1.54, 1.807) is 34.6 Å². The van der Waals surface area contributed by atoms with E-state index in [-0.39, 0.29) is 19.0 Å². The Hall–Kier alpha value is -1.63. The number of thiazole rings is 1. The van der Waals surface area contributed by atoms with Crippen LogP contribution in [0.2, 0.25) is 10.0 Å². The van der Waals surface area contributed by atoms with Crippen LogP contribution in [0.5, 0.6) is 0 Å². The van der Waals surface area contributed by atoms with Gasteiger partial charge in [0.1, 0.15) is 6.61 Å². The zero-order chi connectivity index (χ0) is 14.8. The molecule has 0 aliphatic heterocycles. The number of hydrogen-bond donors (Lipinski definition) is 0. The molecule has 0 bridgehead atoms. The lowest BCUT2D eigenvalue weighted by atomic mass is 10.4. The maximum absolute atomic E-state index is 11.7. The van der Waals surface area contributed by atoms with Gasteiger partial charge in [0.05, 0.1) is 27.7 Å². The summed E-state index contributed by atoms with van der Waals surface area (Å²) in [7, 11) is 0. The van der Waals surface area contributed by atoms with Gasteiger partial charge in [-0.15, -0.1) is 11.3 Å². The summed E-state index contributed by atoms with van der Waals surface area (Å²) in [5.74, 6) is -0.319. The van der Waals surface area contributed by atoms with Crippen LogP contribution in [-0.4, -0.2) is 20.3 Å². The van der Waals surface area contributed by atoms with Crippen molar-refractivity contribution in [2.45, 2.75) is 13.0 Å². The Bertz CT molecular complexity index is 786. The number of rotatable bonds is 4. The van der Waals surface area contributed by atoms with Gasteiger partial charge in [-0.05, 0) is 6.07 Å². The predicted octanol–water partition coefficient (Wildman–Crippen LogP) is 3.38. The van der Waals surface area contributed by atoms with E-state index in [0.29, 0.717) is 21.4 Å². The summed E-state index contributed by atoms with van der Waals surface area (Å²) in [5.41, 5.74) is 2.86.